The summed E-state index contributed by atoms with van der Waals surface area (Å²) >= 11 is 0. The number of hydrogen-bond donors (Lipinski definition) is 0. The molecule has 1 rings (SSSR count). The van der Waals surface area contributed by atoms with Crippen molar-refractivity contribution >= 4 is 12.4 Å². The molecule has 98 valence electrons. The molecule has 1 aromatic rings. The number of allylic oxidation sites excluding steroid dienone is 1. The van der Waals surface area contributed by atoms with Crippen molar-refractivity contribution in [1.82, 2.24) is 0 Å². The molecule has 0 atom stereocenters. The van der Waals surface area contributed by atoms with Crippen molar-refractivity contribution in [2.45, 2.75) is 52.4 Å². The van der Waals surface area contributed by atoms with Crippen molar-refractivity contribution in [3.8, 4) is 0 Å². The molecule has 0 bridgehead atoms. The number of hydrogen-bond acceptors (Lipinski definition) is 1. The van der Waals surface area contributed by atoms with E-state index in [1.165, 1.54) is 36.8 Å². The summed E-state index contributed by atoms with van der Waals surface area (Å²) in [5, 5.41) is 0. The first kappa shape index (κ1) is 14.7. The summed E-state index contributed by atoms with van der Waals surface area (Å²) in [6, 6.07) is 6.72. The van der Waals surface area contributed by atoms with E-state index in [4.69, 9.17) is 0 Å². The number of rotatable bonds is 8. The Hall–Kier alpha value is -1.37. The molecule has 0 fully saturated rings. The van der Waals surface area contributed by atoms with Crippen LogP contribution in [-0.2, 0) is 17.6 Å². The monoisotopic (exact) mass is 244 g/mol. The molecule has 0 amide bonds. The standard InChI is InChI=1S/C17H24O/c1-3-5-8-15-12-16(9-6-4-2)14-17(13-15)10-7-11-18/h7,10-14H,3-6,8-9H2,1-2H3. The van der Waals surface area contributed by atoms with Crippen LogP contribution in [0.1, 0.15) is 56.2 Å². The van der Waals surface area contributed by atoms with Crippen LogP contribution in [0.2, 0.25) is 0 Å². The van der Waals surface area contributed by atoms with Crippen LogP contribution in [0, 0.1) is 0 Å². The molecule has 0 aliphatic heterocycles. The van der Waals surface area contributed by atoms with E-state index >= 15 is 0 Å². The van der Waals surface area contributed by atoms with Gasteiger partial charge in [0, 0.05) is 0 Å². The third-order valence-corrected chi connectivity index (χ3v) is 3.08. The summed E-state index contributed by atoms with van der Waals surface area (Å²) in [5.74, 6) is 0. The predicted molar refractivity (Wildman–Crippen MR) is 78.8 cm³/mol. The number of aryl methyl sites for hydroxylation is 2. The van der Waals surface area contributed by atoms with Crippen LogP contribution in [-0.4, -0.2) is 6.29 Å². The fraction of sp³-hybridized carbons (Fsp3) is 0.471. The molecule has 1 aromatic carbocycles. The Morgan fingerprint density at radius 1 is 0.944 bits per heavy atom. The zero-order chi connectivity index (χ0) is 13.2. The zero-order valence-electron chi connectivity index (χ0n) is 11.6. The average molecular weight is 244 g/mol. The van der Waals surface area contributed by atoms with Gasteiger partial charge in [-0.2, -0.15) is 0 Å². The molecule has 0 N–H and O–H groups in total. The van der Waals surface area contributed by atoms with Crippen molar-refractivity contribution in [1.29, 1.82) is 0 Å². The smallest absolute Gasteiger partial charge is 0.142 e. The van der Waals surface area contributed by atoms with Gasteiger partial charge < -0.3 is 0 Å². The first-order valence-corrected chi connectivity index (χ1v) is 7.04. The van der Waals surface area contributed by atoms with Gasteiger partial charge in [-0.25, -0.2) is 0 Å². The van der Waals surface area contributed by atoms with Crippen LogP contribution < -0.4 is 0 Å². The minimum absolute atomic E-state index is 0.838. The Morgan fingerprint density at radius 3 is 1.94 bits per heavy atom. The molecule has 0 radical (unpaired) electrons. The van der Waals surface area contributed by atoms with Gasteiger partial charge in [-0.15, -0.1) is 0 Å². The molecule has 1 nitrogen and oxygen atoms in total. The first-order valence-electron chi connectivity index (χ1n) is 7.04. The highest BCUT2D eigenvalue weighted by Gasteiger charge is 2.00. The molecule has 18 heavy (non-hydrogen) atoms. The highest BCUT2D eigenvalue weighted by molar-refractivity contribution is 5.74. The summed E-state index contributed by atoms with van der Waals surface area (Å²) in [6.45, 7) is 4.43. The van der Waals surface area contributed by atoms with Gasteiger partial charge in [0.1, 0.15) is 6.29 Å². The zero-order valence-corrected chi connectivity index (χ0v) is 11.6. The maximum absolute atomic E-state index is 10.4. The summed E-state index contributed by atoms with van der Waals surface area (Å²) < 4.78 is 0. The quantitative estimate of drug-likeness (QED) is 0.483. The molecule has 0 saturated carbocycles. The van der Waals surface area contributed by atoms with E-state index in [0.717, 1.165) is 24.7 Å². The molecule has 0 spiro atoms. The lowest BCUT2D eigenvalue weighted by atomic mass is 9.98. The second kappa shape index (κ2) is 8.68. The number of carbonyl (C=O) groups is 1. The maximum Gasteiger partial charge on any atom is 0.142 e. The van der Waals surface area contributed by atoms with Crippen LogP contribution in [0.15, 0.2) is 24.3 Å². The number of benzene rings is 1. The van der Waals surface area contributed by atoms with E-state index < -0.39 is 0 Å². The molecule has 0 aliphatic rings. The summed E-state index contributed by atoms with van der Waals surface area (Å²) in [4.78, 5) is 10.4. The molecule has 0 aromatic heterocycles. The number of carbonyl (C=O) groups excluding carboxylic acids is 1. The van der Waals surface area contributed by atoms with E-state index in [9.17, 15) is 4.79 Å². The van der Waals surface area contributed by atoms with Crippen molar-refractivity contribution < 1.29 is 4.79 Å². The Bertz CT molecular complexity index is 364. The van der Waals surface area contributed by atoms with E-state index in [0.29, 0.717) is 0 Å². The van der Waals surface area contributed by atoms with Crippen LogP contribution >= 0.6 is 0 Å². The molecule has 0 unspecified atom stereocenters. The molecular weight excluding hydrogens is 220 g/mol. The van der Waals surface area contributed by atoms with Gasteiger partial charge in [-0.05, 0) is 48.4 Å². The van der Waals surface area contributed by atoms with Crippen molar-refractivity contribution in [2.24, 2.45) is 0 Å². The van der Waals surface area contributed by atoms with Crippen molar-refractivity contribution in [3.05, 3.63) is 41.0 Å². The number of unbranched alkanes of at least 4 members (excludes halogenated alkanes) is 2. The summed E-state index contributed by atoms with van der Waals surface area (Å²) in [5.41, 5.74) is 3.95. The summed E-state index contributed by atoms with van der Waals surface area (Å²) in [7, 11) is 0. The minimum atomic E-state index is 0.838. The van der Waals surface area contributed by atoms with Gasteiger partial charge in [0.2, 0.25) is 0 Å². The predicted octanol–water partition coefficient (Wildman–Crippen LogP) is 4.58. The van der Waals surface area contributed by atoms with E-state index in [1.54, 1.807) is 6.08 Å². The Labute approximate surface area is 111 Å². The SMILES string of the molecule is CCCCc1cc(C=CC=O)cc(CCCC)c1. The van der Waals surface area contributed by atoms with Gasteiger partial charge in [-0.1, -0.05) is 51.0 Å². The third kappa shape index (κ3) is 5.31. The normalized spacial score (nSPS) is 11.0. The van der Waals surface area contributed by atoms with E-state index in [1.807, 2.05) is 6.08 Å². The highest BCUT2D eigenvalue weighted by atomic mass is 16.1. The van der Waals surface area contributed by atoms with E-state index in [-0.39, 0.29) is 0 Å². The maximum atomic E-state index is 10.4. The van der Waals surface area contributed by atoms with Crippen molar-refractivity contribution in [2.75, 3.05) is 0 Å². The van der Waals surface area contributed by atoms with Crippen molar-refractivity contribution in [3.63, 3.8) is 0 Å². The lowest BCUT2D eigenvalue weighted by molar-refractivity contribution is -0.104. The Balaban J connectivity index is 2.87. The van der Waals surface area contributed by atoms with Crippen LogP contribution in [0.3, 0.4) is 0 Å². The molecule has 0 heterocycles. The van der Waals surface area contributed by atoms with Gasteiger partial charge >= 0.3 is 0 Å². The topological polar surface area (TPSA) is 17.1 Å². The van der Waals surface area contributed by atoms with Gasteiger partial charge in [0.05, 0.1) is 0 Å². The van der Waals surface area contributed by atoms with Crippen LogP contribution in [0.25, 0.3) is 6.08 Å². The van der Waals surface area contributed by atoms with Gasteiger partial charge in [0.15, 0.2) is 0 Å². The Morgan fingerprint density at radius 2 is 1.50 bits per heavy atom. The Kier molecular flexibility index (Phi) is 7.09. The molecule has 1 heteroatoms. The number of aldehydes is 1. The fourth-order valence-corrected chi connectivity index (χ4v) is 2.09. The molecular formula is C17H24O. The van der Waals surface area contributed by atoms with Gasteiger partial charge in [-0.3, -0.25) is 4.79 Å². The third-order valence-electron chi connectivity index (χ3n) is 3.08. The highest BCUT2D eigenvalue weighted by Crippen LogP contribution is 2.16. The van der Waals surface area contributed by atoms with Gasteiger partial charge in [0.25, 0.3) is 0 Å². The minimum Gasteiger partial charge on any atom is -0.299 e. The summed E-state index contributed by atoms with van der Waals surface area (Å²) in [6.07, 6.45) is 11.5. The first-order chi connectivity index (χ1) is 8.80. The van der Waals surface area contributed by atoms with Crippen LogP contribution in [0.5, 0.6) is 0 Å². The molecule has 0 saturated heterocycles. The second-order valence-corrected chi connectivity index (χ2v) is 4.79. The molecule has 0 aliphatic carbocycles. The lowest BCUT2D eigenvalue weighted by Crippen LogP contribution is -1.92. The fourth-order valence-electron chi connectivity index (χ4n) is 2.09. The lowest BCUT2D eigenvalue weighted by Gasteiger charge is -2.07. The average Bonchev–Trinajstić information content (AvgIpc) is 2.40. The van der Waals surface area contributed by atoms with E-state index in [2.05, 4.69) is 32.0 Å². The van der Waals surface area contributed by atoms with Crippen LogP contribution in [0.4, 0.5) is 0 Å². The largest absolute Gasteiger partial charge is 0.299 e. The second-order valence-electron chi connectivity index (χ2n) is 4.79.